The van der Waals surface area contributed by atoms with Crippen molar-refractivity contribution in [1.82, 2.24) is 10.6 Å². The number of ether oxygens (including phenoxy) is 4. The van der Waals surface area contributed by atoms with Crippen LogP contribution in [0.2, 0.25) is 0 Å². The highest BCUT2D eigenvalue weighted by molar-refractivity contribution is 5.22. The fourth-order valence-corrected chi connectivity index (χ4v) is 2.52. The maximum atomic E-state index is 5.52. The Balaban J connectivity index is 2.29. The highest BCUT2D eigenvalue weighted by Gasteiger charge is 2.08. The van der Waals surface area contributed by atoms with E-state index in [1.54, 1.807) is 0 Å². The van der Waals surface area contributed by atoms with Crippen LogP contribution in [-0.4, -0.2) is 52.1 Å². The standard InChI is InChI=1S/C20H36N2O4/c1-5-23-19(24-6-2)15-21-13-17-9-11-18(12-10-17)14-22-16-20(25-7-3)26-8-4/h9-12,19-22H,5-8,13-16H2,1-4H3. The lowest BCUT2D eigenvalue weighted by atomic mass is 10.1. The second-order valence-corrected chi connectivity index (χ2v) is 5.76. The molecule has 2 N–H and O–H groups in total. The van der Waals surface area contributed by atoms with Crippen molar-refractivity contribution >= 4 is 0 Å². The van der Waals surface area contributed by atoms with Crippen molar-refractivity contribution in [3.05, 3.63) is 35.4 Å². The third kappa shape index (κ3) is 10.2. The fraction of sp³-hybridized carbons (Fsp3) is 0.700. The first-order valence-corrected chi connectivity index (χ1v) is 9.69. The van der Waals surface area contributed by atoms with Gasteiger partial charge in [-0.2, -0.15) is 0 Å². The van der Waals surface area contributed by atoms with Gasteiger partial charge in [-0.25, -0.2) is 0 Å². The summed E-state index contributed by atoms with van der Waals surface area (Å²) in [6.45, 7) is 13.5. The molecular formula is C20H36N2O4. The molecule has 0 radical (unpaired) electrons. The summed E-state index contributed by atoms with van der Waals surface area (Å²) in [7, 11) is 0. The summed E-state index contributed by atoms with van der Waals surface area (Å²) in [4.78, 5) is 0. The van der Waals surface area contributed by atoms with E-state index in [9.17, 15) is 0 Å². The van der Waals surface area contributed by atoms with Crippen LogP contribution < -0.4 is 10.6 Å². The Morgan fingerprint density at radius 3 is 1.19 bits per heavy atom. The summed E-state index contributed by atoms with van der Waals surface area (Å²) in [6, 6.07) is 8.57. The van der Waals surface area contributed by atoms with Gasteiger partial charge in [-0.15, -0.1) is 0 Å². The lowest BCUT2D eigenvalue weighted by Gasteiger charge is -2.18. The quantitative estimate of drug-likeness (QED) is 0.438. The van der Waals surface area contributed by atoms with E-state index in [1.165, 1.54) is 11.1 Å². The molecule has 0 amide bonds. The van der Waals surface area contributed by atoms with Gasteiger partial charge in [-0.1, -0.05) is 24.3 Å². The van der Waals surface area contributed by atoms with Crippen molar-refractivity contribution in [3.8, 4) is 0 Å². The molecule has 0 aliphatic heterocycles. The van der Waals surface area contributed by atoms with Crippen LogP contribution in [-0.2, 0) is 32.0 Å². The zero-order chi connectivity index (χ0) is 19.0. The molecule has 0 spiro atoms. The Morgan fingerprint density at radius 2 is 0.923 bits per heavy atom. The molecule has 0 aliphatic rings. The highest BCUT2D eigenvalue weighted by atomic mass is 16.7. The molecule has 1 aromatic carbocycles. The molecule has 0 fully saturated rings. The largest absolute Gasteiger partial charge is 0.352 e. The van der Waals surface area contributed by atoms with E-state index in [1.807, 2.05) is 27.7 Å². The van der Waals surface area contributed by atoms with E-state index in [4.69, 9.17) is 18.9 Å². The Hall–Kier alpha value is -1.02. The molecule has 6 heteroatoms. The Bertz CT molecular complexity index is 389. The van der Waals surface area contributed by atoms with E-state index in [0.717, 1.165) is 13.1 Å². The Morgan fingerprint density at radius 1 is 0.615 bits per heavy atom. The normalized spacial score (nSPS) is 11.6. The van der Waals surface area contributed by atoms with E-state index >= 15 is 0 Å². The topological polar surface area (TPSA) is 61.0 Å². The molecule has 0 aromatic heterocycles. The molecule has 0 heterocycles. The Kier molecular flexibility index (Phi) is 13.4. The zero-order valence-electron chi connectivity index (χ0n) is 16.8. The SMILES string of the molecule is CCOC(CNCc1ccc(CNCC(OCC)OCC)cc1)OCC. The van der Waals surface area contributed by atoms with Crippen LogP contribution in [0.3, 0.4) is 0 Å². The van der Waals surface area contributed by atoms with Crippen LogP contribution in [0.4, 0.5) is 0 Å². The molecule has 150 valence electrons. The molecule has 6 nitrogen and oxygen atoms in total. The summed E-state index contributed by atoms with van der Waals surface area (Å²) < 4.78 is 22.1. The van der Waals surface area contributed by atoms with Crippen LogP contribution in [0.5, 0.6) is 0 Å². The lowest BCUT2D eigenvalue weighted by molar-refractivity contribution is -0.133. The molecule has 26 heavy (non-hydrogen) atoms. The summed E-state index contributed by atoms with van der Waals surface area (Å²) in [5.74, 6) is 0. The molecule has 0 atom stereocenters. The molecule has 0 saturated carbocycles. The molecule has 0 saturated heterocycles. The van der Waals surface area contributed by atoms with Gasteiger partial charge in [0.05, 0.1) is 0 Å². The summed E-state index contributed by atoms with van der Waals surface area (Å²) in [6.07, 6.45) is -0.366. The van der Waals surface area contributed by atoms with Crippen LogP contribution in [0.1, 0.15) is 38.8 Å². The van der Waals surface area contributed by atoms with E-state index in [0.29, 0.717) is 39.5 Å². The lowest BCUT2D eigenvalue weighted by Crippen LogP contribution is -2.31. The molecule has 0 bridgehead atoms. The number of benzene rings is 1. The Labute approximate surface area is 158 Å². The average molecular weight is 369 g/mol. The minimum Gasteiger partial charge on any atom is -0.352 e. The van der Waals surface area contributed by atoms with Gasteiger partial charge in [0.2, 0.25) is 0 Å². The number of nitrogens with one attached hydrogen (secondary N) is 2. The molecular weight excluding hydrogens is 332 g/mol. The van der Waals surface area contributed by atoms with Crippen LogP contribution in [0.25, 0.3) is 0 Å². The van der Waals surface area contributed by atoms with E-state index < -0.39 is 0 Å². The zero-order valence-corrected chi connectivity index (χ0v) is 16.8. The highest BCUT2D eigenvalue weighted by Crippen LogP contribution is 2.05. The first-order chi connectivity index (χ1) is 12.7. The molecule has 1 aromatic rings. The van der Waals surface area contributed by atoms with Crippen molar-refractivity contribution in [3.63, 3.8) is 0 Å². The summed E-state index contributed by atoms with van der Waals surface area (Å²) in [5, 5.41) is 6.76. The predicted octanol–water partition coefficient (Wildman–Crippen LogP) is 2.66. The second-order valence-electron chi connectivity index (χ2n) is 5.76. The van der Waals surface area contributed by atoms with Crippen LogP contribution in [0.15, 0.2) is 24.3 Å². The van der Waals surface area contributed by atoms with Gasteiger partial charge < -0.3 is 29.6 Å². The van der Waals surface area contributed by atoms with Gasteiger partial charge >= 0.3 is 0 Å². The summed E-state index contributed by atoms with van der Waals surface area (Å²) >= 11 is 0. The third-order valence-electron chi connectivity index (χ3n) is 3.71. The molecule has 1 rings (SSSR count). The number of hydrogen-bond acceptors (Lipinski definition) is 6. The van der Waals surface area contributed by atoms with Gasteiger partial charge in [0.25, 0.3) is 0 Å². The smallest absolute Gasteiger partial charge is 0.169 e. The van der Waals surface area contributed by atoms with Crippen molar-refractivity contribution in [1.29, 1.82) is 0 Å². The van der Waals surface area contributed by atoms with E-state index in [-0.39, 0.29) is 12.6 Å². The number of rotatable bonds is 16. The number of hydrogen-bond donors (Lipinski definition) is 2. The first-order valence-electron chi connectivity index (χ1n) is 9.69. The minimum atomic E-state index is -0.183. The predicted molar refractivity (Wildman–Crippen MR) is 104 cm³/mol. The second kappa shape index (κ2) is 15.1. The monoisotopic (exact) mass is 368 g/mol. The average Bonchev–Trinajstić information content (AvgIpc) is 2.64. The summed E-state index contributed by atoms with van der Waals surface area (Å²) in [5.41, 5.74) is 2.48. The molecule has 0 unspecified atom stereocenters. The van der Waals surface area contributed by atoms with Gasteiger partial charge in [0.1, 0.15) is 0 Å². The minimum absolute atomic E-state index is 0.183. The van der Waals surface area contributed by atoms with Crippen molar-refractivity contribution in [2.45, 2.75) is 53.4 Å². The van der Waals surface area contributed by atoms with Crippen LogP contribution >= 0.6 is 0 Å². The fourth-order valence-electron chi connectivity index (χ4n) is 2.52. The van der Waals surface area contributed by atoms with E-state index in [2.05, 4.69) is 34.9 Å². The van der Waals surface area contributed by atoms with Crippen molar-refractivity contribution < 1.29 is 18.9 Å². The van der Waals surface area contributed by atoms with Gasteiger partial charge in [-0.3, -0.25) is 0 Å². The maximum Gasteiger partial charge on any atom is 0.169 e. The maximum absolute atomic E-state index is 5.52. The molecule has 0 aliphatic carbocycles. The van der Waals surface area contributed by atoms with Gasteiger partial charge in [-0.05, 0) is 38.8 Å². The third-order valence-corrected chi connectivity index (χ3v) is 3.71. The van der Waals surface area contributed by atoms with Gasteiger partial charge in [0.15, 0.2) is 12.6 Å². The van der Waals surface area contributed by atoms with Gasteiger partial charge in [0, 0.05) is 52.6 Å². The van der Waals surface area contributed by atoms with Crippen molar-refractivity contribution in [2.24, 2.45) is 0 Å². The van der Waals surface area contributed by atoms with Crippen LogP contribution in [0, 0.1) is 0 Å². The van der Waals surface area contributed by atoms with Crippen molar-refractivity contribution in [2.75, 3.05) is 39.5 Å². The first kappa shape index (κ1) is 23.0.